The van der Waals surface area contributed by atoms with Gasteiger partial charge in [-0.05, 0) is 39.0 Å². The third-order valence-electron chi connectivity index (χ3n) is 2.74. The highest BCUT2D eigenvalue weighted by molar-refractivity contribution is 6.32. The van der Waals surface area contributed by atoms with Crippen LogP contribution in [0.2, 0.25) is 5.02 Å². The Balaban J connectivity index is 1.89. The van der Waals surface area contributed by atoms with Crippen LogP contribution in [0.15, 0.2) is 41.0 Å². The van der Waals surface area contributed by atoms with Crippen molar-refractivity contribution in [2.75, 3.05) is 0 Å². The molecule has 3 nitrogen and oxygen atoms in total. The summed E-state index contributed by atoms with van der Waals surface area (Å²) in [6, 6.07) is 9.40. The number of furan rings is 1. The summed E-state index contributed by atoms with van der Waals surface area (Å²) in [5.41, 5.74) is 1.20. The second-order valence-electron chi connectivity index (χ2n) is 5.74. The van der Waals surface area contributed by atoms with Crippen LogP contribution < -0.4 is 10.1 Å². The van der Waals surface area contributed by atoms with Gasteiger partial charge in [-0.25, -0.2) is 0 Å². The maximum Gasteiger partial charge on any atom is 0.146 e. The monoisotopic (exact) mass is 293 g/mol. The second kappa shape index (κ2) is 6.33. The quantitative estimate of drug-likeness (QED) is 0.887. The van der Waals surface area contributed by atoms with Gasteiger partial charge < -0.3 is 14.5 Å². The highest BCUT2D eigenvalue weighted by Crippen LogP contribution is 2.24. The Morgan fingerprint density at radius 2 is 2.00 bits per heavy atom. The van der Waals surface area contributed by atoms with Crippen LogP contribution in [0.4, 0.5) is 0 Å². The molecule has 0 radical (unpaired) electrons. The topological polar surface area (TPSA) is 34.4 Å². The standard InChI is InChI=1S/C16H20ClNO2/c1-16(2,3)18-9-12-8-13(19-10-12)11-20-15-7-5-4-6-14(15)17/h4-8,10,18H,9,11H2,1-3H3. The van der Waals surface area contributed by atoms with E-state index < -0.39 is 0 Å². The predicted molar refractivity (Wildman–Crippen MR) is 81.1 cm³/mol. The van der Waals surface area contributed by atoms with Crippen LogP contribution in [0.3, 0.4) is 0 Å². The molecule has 1 heterocycles. The number of hydrogen-bond acceptors (Lipinski definition) is 3. The molecule has 0 saturated heterocycles. The largest absolute Gasteiger partial charge is 0.484 e. The molecule has 0 aliphatic rings. The summed E-state index contributed by atoms with van der Waals surface area (Å²) >= 11 is 6.03. The van der Waals surface area contributed by atoms with Crippen molar-refractivity contribution in [2.45, 2.75) is 39.5 Å². The van der Waals surface area contributed by atoms with E-state index in [0.29, 0.717) is 17.4 Å². The number of rotatable bonds is 5. The van der Waals surface area contributed by atoms with Crippen LogP contribution in [0.5, 0.6) is 5.75 Å². The summed E-state index contributed by atoms with van der Waals surface area (Å²) in [6.45, 7) is 7.55. The van der Waals surface area contributed by atoms with Crippen LogP contribution in [-0.4, -0.2) is 5.54 Å². The van der Waals surface area contributed by atoms with Crippen molar-refractivity contribution in [1.29, 1.82) is 0 Å². The number of ether oxygens (including phenoxy) is 1. The molecule has 0 fully saturated rings. The molecule has 1 aromatic carbocycles. The Morgan fingerprint density at radius 3 is 2.70 bits per heavy atom. The number of hydrogen-bond donors (Lipinski definition) is 1. The lowest BCUT2D eigenvalue weighted by Crippen LogP contribution is -2.34. The summed E-state index contributed by atoms with van der Waals surface area (Å²) in [6.07, 6.45) is 1.75. The first-order valence-electron chi connectivity index (χ1n) is 6.63. The Bertz CT molecular complexity index is 558. The molecule has 1 N–H and O–H groups in total. The summed E-state index contributed by atoms with van der Waals surface area (Å²) in [5.74, 6) is 1.45. The van der Waals surface area contributed by atoms with Crippen molar-refractivity contribution in [1.82, 2.24) is 5.32 Å². The molecule has 0 saturated carbocycles. The first-order chi connectivity index (χ1) is 9.44. The Hall–Kier alpha value is -1.45. The third-order valence-corrected chi connectivity index (χ3v) is 3.05. The van der Waals surface area contributed by atoms with E-state index in [1.807, 2.05) is 24.3 Å². The summed E-state index contributed by atoms with van der Waals surface area (Å²) < 4.78 is 11.1. The van der Waals surface area contributed by atoms with Crippen molar-refractivity contribution < 1.29 is 9.15 Å². The molecule has 0 aliphatic heterocycles. The molecule has 0 amide bonds. The zero-order chi connectivity index (χ0) is 14.6. The molecular weight excluding hydrogens is 274 g/mol. The Kier molecular flexibility index (Phi) is 4.73. The molecule has 0 aliphatic carbocycles. The molecule has 2 rings (SSSR count). The van der Waals surface area contributed by atoms with Crippen LogP contribution in [0.1, 0.15) is 32.1 Å². The lowest BCUT2D eigenvalue weighted by molar-refractivity contribution is 0.270. The van der Waals surface area contributed by atoms with Gasteiger partial charge in [-0.2, -0.15) is 0 Å². The van der Waals surface area contributed by atoms with E-state index in [0.717, 1.165) is 17.9 Å². The van der Waals surface area contributed by atoms with E-state index in [1.54, 1.807) is 12.3 Å². The number of nitrogens with one attached hydrogen (secondary N) is 1. The maximum absolute atomic E-state index is 6.03. The zero-order valence-electron chi connectivity index (χ0n) is 12.1. The van der Waals surface area contributed by atoms with Crippen molar-refractivity contribution in [3.63, 3.8) is 0 Å². The van der Waals surface area contributed by atoms with Gasteiger partial charge in [0, 0.05) is 17.6 Å². The molecule has 20 heavy (non-hydrogen) atoms. The summed E-state index contributed by atoms with van der Waals surface area (Å²) in [4.78, 5) is 0. The molecule has 1 aromatic heterocycles. The van der Waals surface area contributed by atoms with Crippen LogP contribution in [0, 0.1) is 0 Å². The minimum Gasteiger partial charge on any atom is -0.484 e. The minimum absolute atomic E-state index is 0.0888. The van der Waals surface area contributed by atoms with Gasteiger partial charge in [0.25, 0.3) is 0 Å². The fourth-order valence-electron chi connectivity index (χ4n) is 1.67. The average Bonchev–Trinajstić information content (AvgIpc) is 2.83. The molecule has 0 atom stereocenters. The molecule has 0 spiro atoms. The third kappa shape index (κ3) is 4.58. The summed E-state index contributed by atoms with van der Waals surface area (Å²) in [7, 11) is 0. The van der Waals surface area contributed by atoms with Gasteiger partial charge in [0.05, 0.1) is 11.3 Å². The zero-order valence-corrected chi connectivity index (χ0v) is 12.8. The van der Waals surface area contributed by atoms with Crippen LogP contribution >= 0.6 is 11.6 Å². The Labute approximate surface area is 124 Å². The molecule has 108 valence electrons. The fourth-order valence-corrected chi connectivity index (χ4v) is 1.86. The van der Waals surface area contributed by atoms with E-state index >= 15 is 0 Å². The second-order valence-corrected chi connectivity index (χ2v) is 6.15. The first-order valence-corrected chi connectivity index (χ1v) is 7.00. The van der Waals surface area contributed by atoms with Crippen LogP contribution in [0.25, 0.3) is 0 Å². The lowest BCUT2D eigenvalue weighted by Gasteiger charge is -2.19. The van der Waals surface area contributed by atoms with Gasteiger partial charge in [-0.3, -0.25) is 0 Å². The van der Waals surface area contributed by atoms with Crippen molar-refractivity contribution in [3.8, 4) is 5.75 Å². The van der Waals surface area contributed by atoms with Gasteiger partial charge in [0.2, 0.25) is 0 Å². The van der Waals surface area contributed by atoms with E-state index in [9.17, 15) is 0 Å². The SMILES string of the molecule is CC(C)(C)NCc1coc(COc2ccccc2Cl)c1. The predicted octanol–water partition coefficient (Wildman–Crippen LogP) is 4.40. The minimum atomic E-state index is 0.0888. The number of halogens is 1. The van der Waals surface area contributed by atoms with E-state index in [-0.39, 0.29) is 5.54 Å². The average molecular weight is 294 g/mol. The number of para-hydroxylation sites is 1. The Morgan fingerprint density at radius 1 is 1.25 bits per heavy atom. The van der Waals surface area contributed by atoms with Crippen molar-refractivity contribution in [3.05, 3.63) is 52.9 Å². The highest BCUT2D eigenvalue weighted by Gasteiger charge is 2.10. The highest BCUT2D eigenvalue weighted by atomic mass is 35.5. The normalized spacial score (nSPS) is 11.6. The van der Waals surface area contributed by atoms with Gasteiger partial charge in [0.1, 0.15) is 18.1 Å². The lowest BCUT2D eigenvalue weighted by atomic mass is 10.1. The van der Waals surface area contributed by atoms with Gasteiger partial charge in [-0.15, -0.1) is 0 Å². The molecule has 4 heteroatoms. The molecular formula is C16H20ClNO2. The van der Waals surface area contributed by atoms with Gasteiger partial charge in [0.15, 0.2) is 0 Å². The molecule has 0 unspecified atom stereocenters. The molecule has 2 aromatic rings. The summed E-state index contributed by atoms with van der Waals surface area (Å²) in [5, 5.41) is 4.02. The maximum atomic E-state index is 6.03. The smallest absolute Gasteiger partial charge is 0.146 e. The van der Waals surface area contributed by atoms with E-state index in [4.69, 9.17) is 20.8 Å². The first kappa shape index (κ1) is 14.9. The van der Waals surface area contributed by atoms with Crippen molar-refractivity contribution >= 4 is 11.6 Å². The van der Waals surface area contributed by atoms with Crippen LogP contribution in [-0.2, 0) is 13.2 Å². The van der Waals surface area contributed by atoms with Gasteiger partial charge in [-0.1, -0.05) is 23.7 Å². The van der Waals surface area contributed by atoms with Gasteiger partial charge >= 0.3 is 0 Å². The van der Waals surface area contributed by atoms with E-state index in [1.165, 1.54) is 0 Å². The van der Waals surface area contributed by atoms with Crippen molar-refractivity contribution in [2.24, 2.45) is 0 Å². The van der Waals surface area contributed by atoms with E-state index in [2.05, 4.69) is 26.1 Å². The molecule has 0 bridgehead atoms. The fraction of sp³-hybridized carbons (Fsp3) is 0.375. The number of benzene rings is 1.